The third kappa shape index (κ3) is 6.10. The summed E-state index contributed by atoms with van der Waals surface area (Å²) in [6.07, 6.45) is 3.74. The zero-order valence-corrected chi connectivity index (χ0v) is 12.1. The molecule has 0 atom stereocenters. The molecule has 18 heavy (non-hydrogen) atoms. The molecule has 1 rings (SSSR count). The fourth-order valence-electron chi connectivity index (χ4n) is 1.68. The first-order valence-corrected chi connectivity index (χ1v) is 7.56. The molecule has 0 unspecified atom stereocenters. The number of ether oxygens (including phenoxy) is 1. The van der Waals surface area contributed by atoms with Crippen molar-refractivity contribution in [3.63, 3.8) is 0 Å². The van der Waals surface area contributed by atoms with Crippen LogP contribution in [-0.2, 0) is 9.53 Å². The molecule has 0 radical (unpaired) electrons. The number of aryl methyl sites for hydroxylation is 1. The van der Waals surface area contributed by atoms with E-state index in [1.807, 2.05) is 18.7 Å². The SMILES string of the molecule is CCOC(=O)CCCCCSc1ccccc1C. The molecule has 0 spiro atoms. The summed E-state index contributed by atoms with van der Waals surface area (Å²) in [5.74, 6) is 1.05. The number of esters is 1. The van der Waals surface area contributed by atoms with Gasteiger partial charge in [0.1, 0.15) is 0 Å². The first kappa shape index (κ1) is 15.1. The first-order valence-electron chi connectivity index (χ1n) is 6.58. The van der Waals surface area contributed by atoms with Crippen LogP contribution >= 0.6 is 11.8 Å². The number of hydrogen-bond donors (Lipinski definition) is 0. The van der Waals surface area contributed by atoms with E-state index >= 15 is 0 Å². The Kier molecular flexibility index (Phi) is 7.58. The Morgan fingerprint density at radius 2 is 2.00 bits per heavy atom. The van der Waals surface area contributed by atoms with Gasteiger partial charge in [0, 0.05) is 11.3 Å². The lowest BCUT2D eigenvalue weighted by atomic mass is 10.2. The monoisotopic (exact) mass is 266 g/mol. The van der Waals surface area contributed by atoms with Gasteiger partial charge >= 0.3 is 5.97 Å². The van der Waals surface area contributed by atoms with E-state index in [-0.39, 0.29) is 5.97 Å². The van der Waals surface area contributed by atoms with E-state index < -0.39 is 0 Å². The van der Waals surface area contributed by atoms with Crippen LogP contribution in [0.1, 0.15) is 38.2 Å². The highest BCUT2D eigenvalue weighted by molar-refractivity contribution is 7.99. The third-order valence-corrected chi connectivity index (χ3v) is 3.94. The predicted molar refractivity (Wildman–Crippen MR) is 77.0 cm³/mol. The minimum atomic E-state index is -0.0657. The topological polar surface area (TPSA) is 26.3 Å². The lowest BCUT2D eigenvalue weighted by Crippen LogP contribution is -2.03. The van der Waals surface area contributed by atoms with Gasteiger partial charge in [0.2, 0.25) is 0 Å². The number of unbranched alkanes of at least 4 members (excludes halogenated alkanes) is 2. The summed E-state index contributed by atoms with van der Waals surface area (Å²) >= 11 is 1.90. The fraction of sp³-hybridized carbons (Fsp3) is 0.533. The Morgan fingerprint density at radius 3 is 2.72 bits per heavy atom. The van der Waals surface area contributed by atoms with E-state index in [0.29, 0.717) is 13.0 Å². The highest BCUT2D eigenvalue weighted by Crippen LogP contribution is 2.23. The molecule has 0 saturated carbocycles. The van der Waals surface area contributed by atoms with Crippen molar-refractivity contribution in [1.82, 2.24) is 0 Å². The number of hydrogen-bond acceptors (Lipinski definition) is 3. The third-order valence-electron chi connectivity index (χ3n) is 2.68. The van der Waals surface area contributed by atoms with E-state index in [9.17, 15) is 4.79 Å². The molecule has 0 aliphatic heterocycles. The van der Waals surface area contributed by atoms with E-state index in [1.165, 1.54) is 10.5 Å². The van der Waals surface area contributed by atoms with Crippen molar-refractivity contribution < 1.29 is 9.53 Å². The number of carbonyl (C=O) groups excluding carboxylic acids is 1. The van der Waals surface area contributed by atoms with E-state index in [0.717, 1.165) is 25.0 Å². The minimum Gasteiger partial charge on any atom is -0.466 e. The Balaban J connectivity index is 2.06. The first-order chi connectivity index (χ1) is 8.74. The van der Waals surface area contributed by atoms with Crippen molar-refractivity contribution in [2.24, 2.45) is 0 Å². The average molecular weight is 266 g/mol. The Hall–Kier alpha value is -0.960. The van der Waals surface area contributed by atoms with Crippen molar-refractivity contribution in [2.75, 3.05) is 12.4 Å². The van der Waals surface area contributed by atoms with Crippen LogP contribution in [0.4, 0.5) is 0 Å². The van der Waals surface area contributed by atoms with Gasteiger partial charge < -0.3 is 4.74 Å². The summed E-state index contributed by atoms with van der Waals surface area (Å²) in [4.78, 5) is 12.5. The molecule has 0 aliphatic carbocycles. The average Bonchev–Trinajstić information content (AvgIpc) is 2.36. The molecule has 0 aromatic heterocycles. The molecule has 0 heterocycles. The number of carbonyl (C=O) groups is 1. The molecule has 1 aromatic rings. The second kappa shape index (κ2) is 9.03. The van der Waals surface area contributed by atoms with Gasteiger partial charge in [0.25, 0.3) is 0 Å². The zero-order valence-electron chi connectivity index (χ0n) is 11.3. The van der Waals surface area contributed by atoms with Crippen molar-refractivity contribution in [1.29, 1.82) is 0 Å². The maximum atomic E-state index is 11.1. The number of rotatable bonds is 8. The fourth-order valence-corrected chi connectivity index (χ4v) is 2.72. The number of thioether (sulfide) groups is 1. The van der Waals surface area contributed by atoms with Gasteiger partial charge in [-0.25, -0.2) is 0 Å². The molecule has 1 aromatic carbocycles. The number of benzene rings is 1. The Bertz CT molecular complexity index is 363. The summed E-state index contributed by atoms with van der Waals surface area (Å²) in [7, 11) is 0. The minimum absolute atomic E-state index is 0.0657. The van der Waals surface area contributed by atoms with Crippen LogP contribution in [-0.4, -0.2) is 18.3 Å². The molecule has 3 heteroatoms. The van der Waals surface area contributed by atoms with Crippen LogP contribution in [0.5, 0.6) is 0 Å². The standard InChI is InChI=1S/C15H22O2S/c1-3-17-15(16)11-5-4-8-12-18-14-10-7-6-9-13(14)2/h6-7,9-10H,3-5,8,11-12H2,1-2H3. The van der Waals surface area contributed by atoms with E-state index in [4.69, 9.17) is 4.74 Å². The lowest BCUT2D eigenvalue weighted by Gasteiger charge is -2.05. The van der Waals surface area contributed by atoms with Crippen LogP contribution in [0, 0.1) is 6.92 Å². The smallest absolute Gasteiger partial charge is 0.305 e. The van der Waals surface area contributed by atoms with Crippen LogP contribution in [0.15, 0.2) is 29.2 Å². The summed E-state index contributed by atoms with van der Waals surface area (Å²) in [5, 5.41) is 0. The van der Waals surface area contributed by atoms with Gasteiger partial charge in [-0.1, -0.05) is 24.6 Å². The molecule has 0 aliphatic rings. The van der Waals surface area contributed by atoms with Gasteiger partial charge in [-0.2, -0.15) is 0 Å². The van der Waals surface area contributed by atoms with E-state index in [1.54, 1.807) is 0 Å². The largest absolute Gasteiger partial charge is 0.466 e. The van der Waals surface area contributed by atoms with Crippen LogP contribution in [0.25, 0.3) is 0 Å². The van der Waals surface area contributed by atoms with Gasteiger partial charge in [-0.3, -0.25) is 4.79 Å². The summed E-state index contributed by atoms with van der Waals surface area (Å²) in [5.41, 5.74) is 1.34. The summed E-state index contributed by atoms with van der Waals surface area (Å²) in [6.45, 7) is 4.47. The normalized spacial score (nSPS) is 10.3. The van der Waals surface area contributed by atoms with Crippen LogP contribution in [0.3, 0.4) is 0 Å². The van der Waals surface area contributed by atoms with Gasteiger partial charge in [-0.05, 0) is 44.1 Å². The van der Waals surface area contributed by atoms with Crippen molar-refractivity contribution >= 4 is 17.7 Å². The maximum Gasteiger partial charge on any atom is 0.305 e. The zero-order chi connectivity index (χ0) is 13.2. The Labute approximate surface area is 114 Å². The van der Waals surface area contributed by atoms with Gasteiger partial charge in [0.05, 0.1) is 6.61 Å². The Morgan fingerprint density at radius 1 is 1.22 bits per heavy atom. The van der Waals surface area contributed by atoms with Crippen molar-refractivity contribution in [3.05, 3.63) is 29.8 Å². The van der Waals surface area contributed by atoms with Crippen molar-refractivity contribution in [3.8, 4) is 0 Å². The molecule has 0 saturated heterocycles. The molecule has 0 bridgehead atoms. The summed E-state index contributed by atoms with van der Waals surface area (Å²) < 4.78 is 4.89. The van der Waals surface area contributed by atoms with Crippen LogP contribution < -0.4 is 0 Å². The molecular weight excluding hydrogens is 244 g/mol. The second-order valence-electron chi connectivity index (χ2n) is 4.23. The highest BCUT2D eigenvalue weighted by atomic mass is 32.2. The van der Waals surface area contributed by atoms with Gasteiger partial charge in [-0.15, -0.1) is 11.8 Å². The second-order valence-corrected chi connectivity index (χ2v) is 5.37. The molecule has 100 valence electrons. The molecule has 0 N–H and O–H groups in total. The van der Waals surface area contributed by atoms with Crippen molar-refractivity contribution in [2.45, 2.75) is 44.4 Å². The molecule has 0 fully saturated rings. The molecule has 0 amide bonds. The quantitative estimate of drug-likeness (QED) is 0.400. The lowest BCUT2D eigenvalue weighted by molar-refractivity contribution is -0.143. The van der Waals surface area contributed by atoms with E-state index in [2.05, 4.69) is 31.2 Å². The highest BCUT2D eigenvalue weighted by Gasteiger charge is 2.01. The maximum absolute atomic E-state index is 11.1. The summed E-state index contributed by atoms with van der Waals surface area (Å²) in [6, 6.07) is 8.45. The predicted octanol–water partition coefficient (Wildman–Crippen LogP) is 4.21. The van der Waals surface area contributed by atoms with Gasteiger partial charge in [0.15, 0.2) is 0 Å². The van der Waals surface area contributed by atoms with Crippen LogP contribution in [0.2, 0.25) is 0 Å². The molecule has 2 nitrogen and oxygen atoms in total. The molecular formula is C15H22O2S.